The predicted molar refractivity (Wildman–Crippen MR) is 102 cm³/mol. The number of carbonyl (C=O) groups is 1. The molecule has 2 aromatic carbocycles. The van der Waals surface area contributed by atoms with Gasteiger partial charge in [-0.15, -0.1) is 0 Å². The van der Waals surface area contributed by atoms with E-state index < -0.39 is 24.1 Å². The first-order chi connectivity index (χ1) is 13.7. The van der Waals surface area contributed by atoms with Crippen LogP contribution in [-0.2, 0) is 9.53 Å². The van der Waals surface area contributed by atoms with Gasteiger partial charge in [-0.25, -0.2) is 4.39 Å². The Morgan fingerprint density at radius 3 is 2.31 bits per heavy atom. The molecule has 0 heterocycles. The Hall–Kier alpha value is -2.61. The highest BCUT2D eigenvalue weighted by Gasteiger charge is 2.43. The normalized spacial score (nSPS) is 13.7. The Morgan fingerprint density at radius 2 is 1.79 bits per heavy atom. The molecule has 0 saturated carbocycles. The van der Waals surface area contributed by atoms with Crippen LogP contribution in [-0.4, -0.2) is 23.9 Å². The number of rotatable bonds is 9. The van der Waals surface area contributed by atoms with Crippen LogP contribution >= 0.6 is 0 Å². The lowest BCUT2D eigenvalue weighted by Crippen LogP contribution is -2.24. The number of anilines is 2. The molecule has 0 spiro atoms. The fraction of sp³-hybridized carbons (Fsp3) is 0.381. The Labute approximate surface area is 166 Å². The van der Waals surface area contributed by atoms with Crippen LogP contribution in [0, 0.1) is 5.82 Å². The maximum atomic E-state index is 13.6. The smallest absolute Gasteiger partial charge is 0.418 e. The van der Waals surface area contributed by atoms with E-state index in [9.17, 15) is 22.4 Å². The lowest BCUT2D eigenvalue weighted by molar-refractivity contribution is -0.222. The molecule has 2 N–H and O–H groups in total. The highest BCUT2D eigenvalue weighted by molar-refractivity contribution is 5.69. The molecule has 0 saturated heterocycles. The largest absolute Gasteiger partial charge is 0.481 e. The molecule has 0 fully saturated rings. The number of ether oxygens (including phenoxy) is 1. The van der Waals surface area contributed by atoms with Gasteiger partial charge in [-0.3, -0.25) is 4.79 Å². The van der Waals surface area contributed by atoms with Crippen molar-refractivity contribution in [2.45, 2.75) is 44.9 Å². The average Bonchev–Trinajstić information content (AvgIpc) is 2.65. The maximum absolute atomic E-state index is 13.6. The second kappa shape index (κ2) is 9.73. The average molecular weight is 413 g/mol. The first-order valence-corrected chi connectivity index (χ1v) is 9.22. The van der Waals surface area contributed by atoms with Gasteiger partial charge >= 0.3 is 12.1 Å². The maximum Gasteiger partial charge on any atom is 0.418 e. The lowest BCUT2D eigenvalue weighted by atomic mass is 9.91. The van der Waals surface area contributed by atoms with E-state index in [1.807, 2.05) is 6.92 Å². The number of carboxylic acids is 1. The molecule has 0 aliphatic heterocycles. The van der Waals surface area contributed by atoms with E-state index in [-0.39, 0.29) is 30.2 Å². The fourth-order valence-corrected chi connectivity index (χ4v) is 3.09. The van der Waals surface area contributed by atoms with Crippen LogP contribution in [0.3, 0.4) is 0 Å². The topological polar surface area (TPSA) is 58.6 Å². The van der Waals surface area contributed by atoms with Gasteiger partial charge in [0.15, 0.2) is 6.10 Å². The van der Waals surface area contributed by atoms with Gasteiger partial charge in [0, 0.05) is 23.5 Å². The summed E-state index contributed by atoms with van der Waals surface area (Å²) in [5.41, 5.74) is 1.00. The number of hydrogen-bond donors (Lipinski definition) is 2. The van der Waals surface area contributed by atoms with E-state index in [1.165, 1.54) is 49.4 Å². The van der Waals surface area contributed by atoms with Gasteiger partial charge in [-0.2, -0.15) is 13.2 Å². The van der Waals surface area contributed by atoms with Crippen molar-refractivity contribution in [1.29, 1.82) is 0 Å². The van der Waals surface area contributed by atoms with E-state index in [1.54, 1.807) is 0 Å². The first-order valence-electron chi connectivity index (χ1n) is 9.22. The van der Waals surface area contributed by atoms with E-state index in [0.717, 1.165) is 0 Å². The zero-order valence-corrected chi connectivity index (χ0v) is 16.1. The van der Waals surface area contributed by atoms with Crippen molar-refractivity contribution in [3.63, 3.8) is 0 Å². The molecule has 0 aliphatic carbocycles. The van der Waals surface area contributed by atoms with Crippen LogP contribution < -0.4 is 5.32 Å². The van der Waals surface area contributed by atoms with Crippen molar-refractivity contribution in [3.8, 4) is 0 Å². The molecule has 8 heteroatoms. The van der Waals surface area contributed by atoms with Crippen molar-refractivity contribution in [1.82, 2.24) is 0 Å². The second-order valence-corrected chi connectivity index (χ2v) is 6.56. The van der Waals surface area contributed by atoms with Gasteiger partial charge in [0.2, 0.25) is 0 Å². The number of alkyl halides is 3. The third-order valence-electron chi connectivity index (χ3n) is 4.50. The van der Waals surface area contributed by atoms with Crippen LogP contribution in [0.15, 0.2) is 42.5 Å². The summed E-state index contributed by atoms with van der Waals surface area (Å²) in [5.74, 6) is -1.82. The standard InChI is InChI=1S/C21H23F4NO3/c1-3-13(12-19(27)28)14-5-10-17(20(29-4-2)21(23,24)25)18(11-14)26-16-8-6-15(22)7-9-16/h5-11,13,20,26H,3-4,12H2,1-2H3,(H,27,28)/t13?,20-/m1/s1. The molecule has 0 radical (unpaired) electrons. The molecule has 0 amide bonds. The number of hydrogen-bond acceptors (Lipinski definition) is 3. The zero-order chi connectivity index (χ0) is 21.6. The minimum atomic E-state index is -4.64. The number of carboxylic acid groups (broad SMARTS) is 1. The number of benzene rings is 2. The predicted octanol–water partition coefficient (Wildman–Crippen LogP) is 6.18. The van der Waals surface area contributed by atoms with E-state index in [0.29, 0.717) is 17.7 Å². The molecule has 29 heavy (non-hydrogen) atoms. The second-order valence-electron chi connectivity index (χ2n) is 6.56. The molecular weight excluding hydrogens is 390 g/mol. The Kier molecular flexibility index (Phi) is 7.61. The highest BCUT2D eigenvalue weighted by Crippen LogP contribution is 2.41. The van der Waals surface area contributed by atoms with Crippen LogP contribution in [0.1, 0.15) is 49.8 Å². The third kappa shape index (κ3) is 6.19. The van der Waals surface area contributed by atoms with E-state index in [2.05, 4.69) is 5.32 Å². The molecule has 1 unspecified atom stereocenters. The minimum Gasteiger partial charge on any atom is -0.481 e. The molecule has 2 rings (SSSR count). The summed E-state index contributed by atoms with van der Waals surface area (Å²) in [6, 6.07) is 9.50. The van der Waals surface area contributed by atoms with Crippen molar-refractivity contribution >= 4 is 17.3 Å². The van der Waals surface area contributed by atoms with Gasteiger partial charge in [0.1, 0.15) is 5.82 Å². The van der Waals surface area contributed by atoms with Crippen LogP contribution in [0.25, 0.3) is 0 Å². The zero-order valence-electron chi connectivity index (χ0n) is 16.1. The molecule has 2 aromatic rings. The molecule has 4 nitrogen and oxygen atoms in total. The molecule has 0 bridgehead atoms. The van der Waals surface area contributed by atoms with Gasteiger partial charge in [0.05, 0.1) is 6.42 Å². The highest BCUT2D eigenvalue weighted by atomic mass is 19.4. The van der Waals surface area contributed by atoms with Crippen molar-refractivity contribution in [3.05, 3.63) is 59.4 Å². The number of halogens is 4. The van der Waals surface area contributed by atoms with Gasteiger partial charge < -0.3 is 15.2 Å². The van der Waals surface area contributed by atoms with Crippen molar-refractivity contribution in [2.75, 3.05) is 11.9 Å². The van der Waals surface area contributed by atoms with Crippen LogP contribution in [0.4, 0.5) is 28.9 Å². The number of nitrogens with one attached hydrogen (secondary N) is 1. The van der Waals surface area contributed by atoms with Crippen molar-refractivity contribution in [2.24, 2.45) is 0 Å². The number of aliphatic carboxylic acids is 1. The van der Waals surface area contributed by atoms with E-state index in [4.69, 9.17) is 9.84 Å². The van der Waals surface area contributed by atoms with Gasteiger partial charge in [-0.1, -0.05) is 19.1 Å². The Balaban J connectivity index is 2.53. The molecular formula is C21H23F4NO3. The Morgan fingerprint density at radius 1 is 1.14 bits per heavy atom. The summed E-state index contributed by atoms with van der Waals surface area (Å²) < 4.78 is 58.9. The van der Waals surface area contributed by atoms with Crippen LogP contribution in [0.2, 0.25) is 0 Å². The third-order valence-corrected chi connectivity index (χ3v) is 4.50. The summed E-state index contributed by atoms with van der Waals surface area (Å²) in [4.78, 5) is 11.1. The van der Waals surface area contributed by atoms with E-state index >= 15 is 0 Å². The van der Waals surface area contributed by atoms with Gasteiger partial charge in [0.25, 0.3) is 0 Å². The quantitative estimate of drug-likeness (QED) is 0.482. The SMILES string of the molecule is CCO[C@H](c1ccc(C(CC)CC(=O)O)cc1Nc1ccc(F)cc1)C(F)(F)F. The van der Waals surface area contributed by atoms with Crippen molar-refractivity contribution < 1.29 is 32.2 Å². The first kappa shape index (κ1) is 22.7. The monoisotopic (exact) mass is 413 g/mol. The molecule has 2 atom stereocenters. The fourth-order valence-electron chi connectivity index (χ4n) is 3.09. The summed E-state index contributed by atoms with van der Waals surface area (Å²) >= 11 is 0. The summed E-state index contributed by atoms with van der Waals surface area (Å²) in [6.07, 6.45) is -6.42. The molecule has 0 aromatic heterocycles. The molecule has 0 aliphatic rings. The summed E-state index contributed by atoms with van der Waals surface area (Å²) in [6.45, 7) is 3.14. The summed E-state index contributed by atoms with van der Waals surface area (Å²) in [5, 5.41) is 12.0. The Bertz CT molecular complexity index is 822. The van der Waals surface area contributed by atoms with Gasteiger partial charge in [-0.05, 0) is 55.2 Å². The minimum absolute atomic E-state index is 0.127. The lowest BCUT2D eigenvalue weighted by Gasteiger charge is -2.25. The van der Waals surface area contributed by atoms with Crippen LogP contribution in [0.5, 0.6) is 0 Å². The summed E-state index contributed by atoms with van der Waals surface area (Å²) in [7, 11) is 0. The molecule has 158 valence electrons.